The molecule has 1 aliphatic heterocycles. The van der Waals surface area contributed by atoms with E-state index < -0.39 is 16.1 Å². The minimum Gasteiger partial charge on any atom is -0.369 e. The second-order valence-electron chi connectivity index (χ2n) is 6.17. The van der Waals surface area contributed by atoms with Gasteiger partial charge < -0.3 is 9.64 Å². The van der Waals surface area contributed by atoms with Crippen molar-refractivity contribution in [1.82, 2.24) is 9.21 Å². The van der Waals surface area contributed by atoms with Crippen LogP contribution >= 0.6 is 23.2 Å². The maximum Gasteiger partial charge on any atom is 0.251 e. The van der Waals surface area contributed by atoms with Gasteiger partial charge in [0.1, 0.15) is 6.10 Å². The molecule has 9 heteroatoms. The Hall–Kier alpha value is -0.860. The predicted octanol–water partition coefficient (Wildman–Crippen LogP) is 3.03. The van der Waals surface area contributed by atoms with Crippen molar-refractivity contribution in [2.75, 3.05) is 32.8 Å². The molecule has 1 fully saturated rings. The van der Waals surface area contributed by atoms with E-state index in [1.807, 2.05) is 0 Å². The molecule has 0 bridgehead atoms. The fraction of sp³-hybridized carbons (Fsp3) is 0.588. The van der Waals surface area contributed by atoms with Crippen LogP contribution in [0.25, 0.3) is 0 Å². The van der Waals surface area contributed by atoms with Gasteiger partial charge in [0, 0.05) is 32.8 Å². The van der Waals surface area contributed by atoms with Crippen LogP contribution in [0.1, 0.15) is 26.7 Å². The number of amides is 1. The molecule has 1 aliphatic rings. The second kappa shape index (κ2) is 9.37. The van der Waals surface area contributed by atoms with Crippen molar-refractivity contribution in [3.05, 3.63) is 28.2 Å². The SMILES string of the molecule is CCCCOC(C)C(=O)N1CCN(S(=O)(=O)c2ccc(Cl)c(Cl)c2)CC1. The highest BCUT2D eigenvalue weighted by atomic mass is 35.5. The first-order chi connectivity index (χ1) is 12.3. The smallest absolute Gasteiger partial charge is 0.251 e. The zero-order chi connectivity index (χ0) is 19.3. The number of ether oxygens (including phenoxy) is 1. The van der Waals surface area contributed by atoms with Gasteiger partial charge in [0.05, 0.1) is 14.9 Å². The van der Waals surface area contributed by atoms with E-state index >= 15 is 0 Å². The van der Waals surface area contributed by atoms with Crippen LogP contribution in [-0.2, 0) is 19.6 Å². The van der Waals surface area contributed by atoms with Gasteiger partial charge in [-0.1, -0.05) is 36.5 Å². The normalized spacial score (nSPS) is 17.3. The zero-order valence-electron chi connectivity index (χ0n) is 15.0. The Bertz CT molecular complexity index is 734. The number of piperazine rings is 1. The molecule has 0 aliphatic carbocycles. The van der Waals surface area contributed by atoms with Crippen LogP contribution in [0.3, 0.4) is 0 Å². The predicted molar refractivity (Wildman–Crippen MR) is 102 cm³/mol. The minimum atomic E-state index is -3.67. The van der Waals surface area contributed by atoms with Crippen molar-refractivity contribution in [1.29, 1.82) is 0 Å². The fourth-order valence-electron chi connectivity index (χ4n) is 2.67. The van der Waals surface area contributed by atoms with Crippen molar-refractivity contribution < 1.29 is 17.9 Å². The second-order valence-corrected chi connectivity index (χ2v) is 8.92. The summed E-state index contributed by atoms with van der Waals surface area (Å²) in [7, 11) is -3.67. The summed E-state index contributed by atoms with van der Waals surface area (Å²) in [5.41, 5.74) is 0. The molecule has 1 heterocycles. The molecular weight excluding hydrogens is 399 g/mol. The standard InChI is InChI=1S/C17H24Cl2N2O4S/c1-3-4-11-25-13(2)17(22)20-7-9-21(10-8-20)26(23,24)14-5-6-15(18)16(19)12-14/h5-6,12-13H,3-4,7-11H2,1-2H3. The third-order valence-corrected chi connectivity index (χ3v) is 6.93. The van der Waals surface area contributed by atoms with Gasteiger partial charge in [-0.2, -0.15) is 4.31 Å². The fourth-order valence-corrected chi connectivity index (χ4v) is 4.48. The Kier molecular flexibility index (Phi) is 7.73. The van der Waals surface area contributed by atoms with E-state index in [9.17, 15) is 13.2 Å². The molecule has 6 nitrogen and oxygen atoms in total. The van der Waals surface area contributed by atoms with E-state index in [1.165, 1.54) is 22.5 Å². The average Bonchev–Trinajstić information content (AvgIpc) is 2.63. The van der Waals surface area contributed by atoms with Gasteiger partial charge in [-0.3, -0.25) is 4.79 Å². The number of unbranched alkanes of at least 4 members (excludes halogenated alkanes) is 1. The van der Waals surface area contributed by atoms with Gasteiger partial charge in [0.25, 0.3) is 5.91 Å². The van der Waals surface area contributed by atoms with Crippen molar-refractivity contribution in [2.24, 2.45) is 0 Å². The molecule has 1 saturated heterocycles. The Labute approximate surface area is 165 Å². The summed E-state index contributed by atoms with van der Waals surface area (Å²) in [6.45, 7) is 5.48. The van der Waals surface area contributed by atoms with Crippen LogP contribution in [-0.4, -0.2) is 62.4 Å². The van der Waals surface area contributed by atoms with Crippen molar-refractivity contribution >= 4 is 39.1 Å². The quantitative estimate of drug-likeness (QED) is 0.633. The lowest BCUT2D eigenvalue weighted by Gasteiger charge is -2.35. The van der Waals surface area contributed by atoms with Crippen molar-refractivity contribution in [3.8, 4) is 0 Å². The van der Waals surface area contributed by atoms with E-state index in [1.54, 1.807) is 11.8 Å². The van der Waals surface area contributed by atoms with Gasteiger partial charge in [-0.25, -0.2) is 8.42 Å². The molecule has 0 aromatic heterocycles. The number of benzene rings is 1. The molecule has 0 spiro atoms. The highest BCUT2D eigenvalue weighted by Crippen LogP contribution is 2.27. The summed E-state index contributed by atoms with van der Waals surface area (Å²) in [6.07, 6.45) is 1.40. The Morgan fingerprint density at radius 2 is 1.85 bits per heavy atom. The third kappa shape index (κ3) is 5.10. The first-order valence-electron chi connectivity index (χ1n) is 8.63. The van der Waals surface area contributed by atoms with E-state index in [0.717, 1.165) is 12.8 Å². The topological polar surface area (TPSA) is 66.9 Å². The summed E-state index contributed by atoms with van der Waals surface area (Å²) in [6, 6.07) is 4.25. The minimum absolute atomic E-state index is 0.0999. The molecule has 1 amide bonds. The highest BCUT2D eigenvalue weighted by molar-refractivity contribution is 7.89. The summed E-state index contributed by atoms with van der Waals surface area (Å²) in [4.78, 5) is 14.2. The van der Waals surface area contributed by atoms with Crippen LogP contribution in [0.2, 0.25) is 10.0 Å². The molecule has 1 aromatic rings. The molecule has 1 atom stereocenters. The van der Waals surface area contributed by atoms with Gasteiger partial charge >= 0.3 is 0 Å². The molecule has 1 unspecified atom stereocenters. The van der Waals surface area contributed by atoms with Crippen LogP contribution < -0.4 is 0 Å². The summed E-state index contributed by atoms with van der Waals surface area (Å²) in [5.74, 6) is -0.104. The molecule has 146 valence electrons. The zero-order valence-corrected chi connectivity index (χ0v) is 17.3. The lowest BCUT2D eigenvalue weighted by Crippen LogP contribution is -2.52. The molecule has 1 aromatic carbocycles. The summed E-state index contributed by atoms with van der Waals surface area (Å²) < 4.78 is 32.4. The van der Waals surface area contributed by atoms with Crippen molar-refractivity contribution in [3.63, 3.8) is 0 Å². The number of hydrogen-bond donors (Lipinski definition) is 0. The number of carbonyl (C=O) groups is 1. The van der Waals surface area contributed by atoms with Gasteiger partial charge in [-0.05, 0) is 31.5 Å². The number of halogens is 2. The summed E-state index contributed by atoms with van der Waals surface area (Å²) >= 11 is 11.8. The largest absolute Gasteiger partial charge is 0.369 e. The number of carbonyl (C=O) groups excluding carboxylic acids is 1. The lowest BCUT2D eigenvalue weighted by atomic mass is 10.3. The number of rotatable bonds is 7. The summed E-state index contributed by atoms with van der Waals surface area (Å²) in [5, 5.41) is 0.498. The van der Waals surface area contributed by atoms with E-state index in [-0.39, 0.29) is 28.9 Å². The molecule has 2 rings (SSSR count). The maximum atomic E-state index is 12.7. The van der Waals surface area contributed by atoms with Gasteiger partial charge in [0.15, 0.2) is 0 Å². The lowest BCUT2D eigenvalue weighted by molar-refractivity contribution is -0.143. The highest BCUT2D eigenvalue weighted by Gasteiger charge is 2.31. The van der Waals surface area contributed by atoms with Crippen LogP contribution in [0.5, 0.6) is 0 Å². The molecule has 0 saturated carbocycles. The number of sulfonamides is 1. The first-order valence-corrected chi connectivity index (χ1v) is 10.8. The third-order valence-electron chi connectivity index (χ3n) is 4.29. The van der Waals surface area contributed by atoms with E-state index in [4.69, 9.17) is 27.9 Å². The van der Waals surface area contributed by atoms with Crippen LogP contribution in [0, 0.1) is 0 Å². The van der Waals surface area contributed by atoms with E-state index in [0.29, 0.717) is 24.7 Å². The maximum absolute atomic E-state index is 12.7. The molecule has 26 heavy (non-hydrogen) atoms. The Balaban J connectivity index is 1.96. The van der Waals surface area contributed by atoms with Crippen LogP contribution in [0.15, 0.2) is 23.1 Å². The monoisotopic (exact) mass is 422 g/mol. The number of nitrogens with zero attached hydrogens (tertiary/aromatic N) is 2. The molecule has 0 N–H and O–H groups in total. The first kappa shape index (κ1) is 21.4. The van der Waals surface area contributed by atoms with Crippen molar-refractivity contribution in [2.45, 2.75) is 37.7 Å². The Morgan fingerprint density at radius 3 is 2.42 bits per heavy atom. The Morgan fingerprint density at radius 1 is 1.19 bits per heavy atom. The molecular formula is C17H24Cl2N2O4S. The molecule has 0 radical (unpaired) electrons. The number of hydrogen-bond acceptors (Lipinski definition) is 4. The van der Waals surface area contributed by atoms with Crippen LogP contribution in [0.4, 0.5) is 0 Å². The average molecular weight is 423 g/mol. The van der Waals surface area contributed by atoms with Gasteiger partial charge in [0.2, 0.25) is 10.0 Å². The van der Waals surface area contributed by atoms with Gasteiger partial charge in [-0.15, -0.1) is 0 Å². The van der Waals surface area contributed by atoms with E-state index in [2.05, 4.69) is 6.92 Å².